The lowest BCUT2D eigenvalue weighted by molar-refractivity contribution is -0.192. The summed E-state index contributed by atoms with van der Waals surface area (Å²) in [5.41, 5.74) is 2.64. The molecular formula is C26H24F3N5O5. The minimum absolute atomic E-state index is 0.165. The lowest BCUT2D eigenvalue weighted by Crippen LogP contribution is -2.41. The van der Waals surface area contributed by atoms with E-state index in [4.69, 9.17) is 14.3 Å². The van der Waals surface area contributed by atoms with Crippen LogP contribution in [-0.2, 0) is 17.9 Å². The molecule has 0 radical (unpaired) electrons. The summed E-state index contributed by atoms with van der Waals surface area (Å²) in [5, 5.41) is 10.9. The zero-order valence-electron chi connectivity index (χ0n) is 20.9. The van der Waals surface area contributed by atoms with Crippen molar-refractivity contribution in [1.29, 1.82) is 0 Å². The Morgan fingerprint density at radius 3 is 2.46 bits per heavy atom. The Morgan fingerprint density at radius 2 is 1.82 bits per heavy atom. The number of carbonyl (C=O) groups is 3. The minimum atomic E-state index is -5.08. The summed E-state index contributed by atoms with van der Waals surface area (Å²) in [6, 6.07) is 12.9. The molecule has 1 aliphatic rings. The molecule has 1 unspecified atom stereocenters. The number of aliphatic carboxylic acids is 1. The predicted molar refractivity (Wildman–Crippen MR) is 132 cm³/mol. The first-order valence-electron chi connectivity index (χ1n) is 11.8. The van der Waals surface area contributed by atoms with Gasteiger partial charge >= 0.3 is 12.1 Å². The average Bonchev–Trinajstić information content (AvgIpc) is 3.50. The van der Waals surface area contributed by atoms with E-state index in [1.807, 2.05) is 60.9 Å². The van der Waals surface area contributed by atoms with E-state index in [2.05, 4.69) is 15.3 Å². The van der Waals surface area contributed by atoms with Gasteiger partial charge in [0.15, 0.2) is 5.76 Å². The average molecular weight is 544 g/mol. The first kappa shape index (κ1) is 27.4. The normalized spacial score (nSPS) is 14.8. The van der Waals surface area contributed by atoms with Gasteiger partial charge in [-0.25, -0.2) is 9.78 Å². The van der Waals surface area contributed by atoms with Gasteiger partial charge in [-0.1, -0.05) is 24.3 Å². The molecule has 0 spiro atoms. The molecule has 0 aliphatic carbocycles. The Balaban J connectivity index is 0.000000448. The van der Waals surface area contributed by atoms with E-state index in [1.54, 1.807) is 17.3 Å². The number of carbonyl (C=O) groups excluding carboxylic acids is 2. The minimum Gasteiger partial charge on any atom is -0.475 e. The molecule has 204 valence electrons. The van der Waals surface area contributed by atoms with Gasteiger partial charge in [0, 0.05) is 36.4 Å². The zero-order chi connectivity index (χ0) is 28.3. The molecule has 13 heteroatoms. The third-order valence-corrected chi connectivity index (χ3v) is 6.16. The van der Waals surface area contributed by atoms with Crippen molar-refractivity contribution in [3.8, 4) is 0 Å². The Labute approximate surface area is 220 Å². The van der Waals surface area contributed by atoms with Gasteiger partial charge in [-0.2, -0.15) is 13.2 Å². The number of pyridine rings is 1. The molecule has 1 aromatic carbocycles. The molecule has 1 aliphatic heterocycles. The maximum atomic E-state index is 13.3. The third-order valence-electron chi connectivity index (χ3n) is 6.16. The van der Waals surface area contributed by atoms with Crippen molar-refractivity contribution in [2.75, 3.05) is 6.54 Å². The molecule has 0 fully saturated rings. The van der Waals surface area contributed by atoms with Crippen LogP contribution in [-0.4, -0.2) is 55.0 Å². The summed E-state index contributed by atoms with van der Waals surface area (Å²) >= 11 is 0. The number of hydrogen-bond acceptors (Lipinski definition) is 6. The van der Waals surface area contributed by atoms with Crippen LogP contribution in [0.2, 0.25) is 0 Å². The van der Waals surface area contributed by atoms with Gasteiger partial charge in [-0.3, -0.25) is 14.6 Å². The topological polar surface area (TPSA) is 131 Å². The smallest absolute Gasteiger partial charge is 0.475 e. The van der Waals surface area contributed by atoms with Gasteiger partial charge < -0.3 is 24.3 Å². The number of amides is 2. The van der Waals surface area contributed by atoms with Crippen LogP contribution in [0.3, 0.4) is 0 Å². The van der Waals surface area contributed by atoms with Crippen LogP contribution in [0.5, 0.6) is 0 Å². The Hall–Kier alpha value is -4.68. The SMILES string of the molecule is Cc1c(C(=O)N2CCn3cc(C(=O)NCc4ccccn4)nc3C2C)oc2ccccc12.O=C(O)C(F)(F)F. The van der Waals surface area contributed by atoms with Crippen LogP contribution in [0, 0.1) is 6.92 Å². The molecule has 2 amide bonds. The highest BCUT2D eigenvalue weighted by Crippen LogP contribution is 2.30. The fourth-order valence-corrected chi connectivity index (χ4v) is 4.15. The van der Waals surface area contributed by atoms with Crippen molar-refractivity contribution < 1.29 is 37.1 Å². The molecule has 4 heterocycles. The van der Waals surface area contributed by atoms with Crippen molar-refractivity contribution in [3.05, 3.63) is 83.4 Å². The van der Waals surface area contributed by atoms with Crippen LogP contribution in [0.4, 0.5) is 13.2 Å². The number of para-hydroxylation sites is 1. The molecular weight excluding hydrogens is 519 g/mol. The Bertz CT molecular complexity index is 1510. The van der Waals surface area contributed by atoms with Gasteiger partial charge in [0.25, 0.3) is 11.8 Å². The van der Waals surface area contributed by atoms with Crippen LogP contribution < -0.4 is 5.32 Å². The van der Waals surface area contributed by atoms with Crippen molar-refractivity contribution in [1.82, 2.24) is 24.8 Å². The van der Waals surface area contributed by atoms with E-state index < -0.39 is 12.1 Å². The summed E-state index contributed by atoms with van der Waals surface area (Å²) < 4.78 is 39.6. The molecule has 0 saturated carbocycles. The van der Waals surface area contributed by atoms with Crippen LogP contribution >= 0.6 is 0 Å². The first-order valence-corrected chi connectivity index (χ1v) is 11.8. The van der Waals surface area contributed by atoms with Crippen LogP contribution in [0.15, 0.2) is 59.3 Å². The maximum Gasteiger partial charge on any atom is 0.490 e. The number of halogens is 3. The number of furan rings is 1. The second-order valence-corrected chi connectivity index (χ2v) is 8.71. The number of benzene rings is 1. The van der Waals surface area contributed by atoms with E-state index >= 15 is 0 Å². The summed E-state index contributed by atoms with van der Waals surface area (Å²) in [6.07, 6.45) is -1.65. The number of nitrogens with zero attached hydrogens (tertiary/aromatic N) is 4. The molecule has 10 nitrogen and oxygen atoms in total. The highest BCUT2D eigenvalue weighted by Gasteiger charge is 2.38. The van der Waals surface area contributed by atoms with Gasteiger partial charge in [-0.15, -0.1) is 0 Å². The molecule has 5 rings (SSSR count). The van der Waals surface area contributed by atoms with Crippen molar-refractivity contribution in [2.45, 2.75) is 39.2 Å². The van der Waals surface area contributed by atoms with Gasteiger partial charge in [0.1, 0.15) is 17.1 Å². The first-order chi connectivity index (χ1) is 18.5. The maximum absolute atomic E-state index is 13.3. The number of hydrogen-bond donors (Lipinski definition) is 2. The van der Waals surface area contributed by atoms with Gasteiger partial charge in [0.05, 0.1) is 18.3 Å². The quantitative estimate of drug-likeness (QED) is 0.396. The monoisotopic (exact) mass is 543 g/mol. The van der Waals surface area contributed by atoms with Gasteiger partial charge in [-0.05, 0) is 32.0 Å². The number of carboxylic acid groups (broad SMARTS) is 1. The molecule has 3 aromatic heterocycles. The van der Waals surface area contributed by atoms with E-state index in [1.165, 1.54) is 0 Å². The van der Waals surface area contributed by atoms with Crippen LogP contribution in [0.25, 0.3) is 11.0 Å². The second kappa shape index (κ2) is 11.0. The van der Waals surface area contributed by atoms with Crippen LogP contribution in [0.1, 0.15) is 51.1 Å². The van der Waals surface area contributed by atoms with E-state index in [9.17, 15) is 22.8 Å². The predicted octanol–water partition coefficient (Wildman–Crippen LogP) is 4.11. The van der Waals surface area contributed by atoms with E-state index in [0.29, 0.717) is 42.5 Å². The molecule has 2 N–H and O–H groups in total. The highest BCUT2D eigenvalue weighted by molar-refractivity contribution is 5.99. The largest absolute Gasteiger partial charge is 0.490 e. The summed E-state index contributed by atoms with van der Waals surface area (Å²) in [4.78, 5) is 45.3. The number of fused-ring (bicyclic) bond motifs is 2. The lowest BCUT2D eigenvalue weighted by Gasteiger charge is -2.33. The summed E-state index contributed by atoms with van der Waals surface area (Å²) in [6.45, 7) is 5.22. The van der Waals surface area contributed by atoms with Gasteiger partial charge in [0.2, 0.25) is 0 Å². The summed E-state index contributed by atoms with van der Waals surface area (Å²) in [5.74, 6) is -2.16. The number of nitrogens with one attached hydrogen (secondary N) is 1. The van der Waals surface area contributed by atoms with Crippen molar-refractivity contribution >= 4 is 28.8 Å². The highest BCUT2D eigenvalue weighted by atomic mass is 19.4. The van der Waals surface area contributed by atoms with E-state index in [0.717, 1.165) is 16.6 Å². The third kappa shape index (κ3) is 5.92. The Kier molecular flexibility index (Phi) is 7.70. The fraction of sp³-hybridized carbons (Fsp3) is 0.269. The second-order valence-electron chi connectivity index (χ2n) is 8.71. The standard InChI is InChI=1S/C24H23N5O3.C2HF3O2/c1-15-18-8-3-4-9-20(18)32-21(15)24(31)29-12-11-28-14-19(27-22(28)16(29)2)23(30)26-13-17-7-5-6-10-25-17;3-2(4,5)1(6)7/h3-10,14,16H,11-13H2,1-2H3,(H,26,30);(H,6,7). The van der Waals surface area contributed by atoms with E-state index in [-0.39, 0.29) is 17.9 Å². The Morgan fingerprint density at radius 1 is 1.13 bits per heavy atom. The number of alkyl halides is 3. The molecule has 0 saturated heterocycles. The number of aryl methyl sites for hydroxylation is 1. The number of imidazole rings is 1. The fourth-order valence-electron chi connectivity index (χ4n) is 4.15. The molecule has 0 bridgehead atoms. The molecule has 1 atom stereocenters. The zero-order valence-corrected chi connectivity index (χ0v) is 20.9. The lowest BCUT2D eigenvalue weighted by atomic mass is 10.1. The van der Waals surface area contributed by atoms with Crippen molar-refractivity contribution in [3.63, 3.8) is 0 Å². The number of carboxylic acids is 1. The number of aromatic nitrogens is 3. The molecule has 4 aromatic rings. The van der Waals surface area contributed by atoms with Crippen molar-refractivity contribution in [2.24, 2.45) is 0 Å². The molecule has 39 heavy (non-hydrogen) atoms. The summed E-state index contributed by atoms with van der Waals surface area (Å²) in [7, 11) is 0. The number of rotatable bonds is 4.